The summed E-state index contributed by atoms with van der Waals surface area (Å²) in [7, 11) is 0. The van der Waals surface area contributed by atoms with E-state index in [4.69, 9.17) is 4.74 Å². The molecule has 100 valence electrons. The fourth-order valence-electron chi connectivity index (χ4n) is 2.37. The van der Waals surface area contributed by atoms with E-state index in [0.29, 0.717) is 0 Å². The van der Waals surface area contributed by atoms with Gasteiger partial charge in [-0.15, -0.1) is 0 Å². The van der Waals surface area contributed by atoms with Gasteiger partial charge in [-0.25, -0.2) is 0 Å². The van der Waals surface area contributed by atoms with Crippen molar-refractivity contribution in [1.82, 2.24) is 5.32 Å². The molecular formula is C15H24N2O. The van der Waals surface area contributed by atoms with E-state index in [1.54, 1.807) is 0 Å². The molecule has 1 N–H and O–H groups in total. The Morgan fingerprint density at radius 2 is 2.17 bits per heavy atom. The Bertz CT molecular complexity index is 323. The van der Waals surface area contributed by atoms with Crippen LogP contribution in [-0.4, -0.2) is 39.4 Å². The lowest BCUT2D eigenvalue weighted by Gasteiger charge is -2.23. The largest absolute Gasteiger partial charge is 0.381 e. The number of para-hydroxylation sites is 1. The van der Waals surface area contributed by atoms with Crippen molar-refractivity contribution in [3.8, 4) is 0 Å². The molecule has 18 heavy (non-hydrogen) atoms. The molecule has 0 amide bonds. The maximum atomic E-state index is 5.38. The molecule has 1 aliphatic rings. The molecule has 1 heterocycles. The minimum Gasteiger partial charge on any atom is -0.381 e. The number of anilines is 1. The Balaban J connectivity index is 1.67. The van der Waals surface area contributed by atoms with Crippen LogP contribution < -0.4 is 10.2 Å². The fourth-order valence-corrected chi connectivity index (χ4v) is 2.37. The van der Waals surface area contributed by atoms with Gasteiger partial charge in [-0.05, 0) is 31.4 Å². The Kier molecular flexibility index (Phi) is 5.49. The van der Waals surface area contributed by atoms with Crippen LogP contribution in [0.3, 0.4) is 0 Å². The zero-order valence-corrected chi connectivity index (χ0v) is 11.3. The standard InChI is InChI=1S/C15H24N2O/c1-2-17(15-6-4-3-5-7-15)10-9-16-12-14-8-11-18-13-14/h3-7,14,16H,2,8-13H2,1H3. The third-order valence-electron chi connectivity index (χ3n) is 3.52. The summed E-state index contributed by atoms with van der Waals surface area (Å²) in [6.07, 6.45) is 1.21. The fraction of sp³-hybridized carbons (Fsp3) is 0.600. The first kappa shape index (κ1) is 13.4. The molecule has 1 saturated heterocycles. The summed E-state index contributed by atoms with van der Waals surface area (Å²) in [5.41, 5.74) is 1.31. The molecule has 0 radical (unpaired) electrons. The van der Waals surface area contributed by atoms with Crippen LogP contribution in [-0.2, 0) is 4.74 Å². The van der Waals surface area contributed by atoms with Gasteiger partial charge in [0.1, 0.15) is 0 Å². The number of nitrogens with one attached hydrogen (secondary N) is 1. The highest BCUT2D eigenvalue weighted by Crippen LogP contribution is 2.12. The average Bonchev–Trinajstić information content (AvgIpc) is 2.93. The van der Waals surface area contributed by atoms with Crippen molar-refractivity contribution in [1.29, 1.82) is 0 Å². The van der Waals surface area contributed by atoms with Gasteiger partial charge in [0.2, 0.25) is 0 Å². The molecule has 1 aliphatic heterocycles. The van der Waals surface area contributed by atoms with Crippen LogP contribution in [0.25, 0.3) is 0 Å². The molecule has 3 nitrogen and oxygen atoms in total. The maximum absolute atomic E-state index is 5.38. The van der Waals surface area contributed by atoms with Gasteiger partial charge in [0.05, 0.1) is 6.61 Å². The normalized spacial score (nSPS) is 19.1. The van der Waals surface area contributed by atoms with Crippen LogP contribution in [0.4, 0.5) is 5.69 Å². The second-order valence-corrected chi connectivity index (χ2v) is 4.85. The molecule has 1 aromatic rings. The summed E-state index contributed by atoms with van der Waals surface area (Å²) in [5, 5.41) is 3.54. The van der Waals surface area contributed by atoms with Crippen molar-refractivity contribution in [2.24, 2.45) is 5.92 Å². The number of likely N-dealkylation sites (N-methyl/N-ethyl adjacent to an activating group) is 1. The molecule has 0 saturated carbocycles. The maximum Gasteiger partial charge on any atom is 0.0507 e. The summed E-state index contributed by atoms with van der Waals surface area (Å²) >= 11 is 0. The van der Waals surface area contributed by atoms with Crippen LogP contribution in [0, 0.1) is 5.92 Å². The lowest BCUT2D eigenvalue weighted by atomic mass is 10.1. The number of ether oxygens (including phenoxy) is 1. The highest BCUT2D eigenvalue weighted by Gasteiger charge is 2.14. The van der Waals surface area contributed by atoms with Gasteiger partial charge < -0.3 is 15.0 Å². The summed E-state index contributed by atoms with van der Waals surface area (Å²) in [6, 6.07) is 10.6. The van der Waals surface area contributed by atoms with E-state index >= 15 is 0 Å². The molecule has 2 rings (SSSR count). The lowest BCUT2D eigenvalue weighted by molar-refractivity contribution is 0.185. The summed E-state index contributed by atoms with van der Waals surface area (Å²) in [6.45, 7) is 8.33. The molecule has 0 bridgehead atoms. The van der Waals surface area contributed by atoms with Crippen LogP contribution in [0.5, 0.6) is 0 Å². The zero-order valence-electron chi connectivity index (χ0n) is 11.3. The van der Waals surface area contributed by atoms with Crippen molar-refractivity contribution in [3.05, 3.63) is 30.3 Å². The van der Waals surface area contributed by atoms with E-state index in [2.05, 4.69) is 47.5 Å². The Hall–Kier alpha value is -1.06. The van der Waals surface area contributed by atoms with E-state index in [-0.39, 0.29) is 0 Å². The Morgan fingerprint density at radius 3 is 2.83 bits per heavy atom. The number of rotatable bonds is 7. The number of hydrogen-bond acceptors (Lipinski definition) is 3. The van der Waals surface area contributed by atoms with Gasteiger partial charge in [0, 0.05) is 38.5 Å². The minimum atomic E-state index is 0.719. The predicted molar refractivity (Wildman–Crippen MR) is 76.1 cm³/mol. The van der Waals surface area contributed by atoms with Gasteiger partial charge in [-0.3, -0.25) is 0 Å². The SMILES string of the molecule is CCN(CCNCC1CCOC1)c1ccccc1. The van der Waals surface area contributed by atoms with Crippen LogP contribution >= 0.6 is 0 Å². The average molecular weight is 248 g/mol. The summed E-state index contributed by atoms with van der Waals surface area (Å²) in [5.74, 6) is 0.719. The second-order valence-electron chi connectivity index (χ2n) is 4.85. The summed E-state index contributed by atoms with van der Waals surface area (Å²) in [4.78, 5) is 2.40. The van der Waals surface area contributed by atoms with Gasteiger partial charge in [-0.2, -0.15) is 0 Å². The smallest absolute Gasteiger partial charge is 0.0507 e. The molecule has 3 heteroatoms. The number of nitrogens with zero attached hydrogens (tertiary/aromatic N) is 1. The van der Waals surface area contributed by atoms with Crippen molar-refractivity contribution in [2.45, 2.75) is 13.3 Å². The van der Waals surface area contributed by atoms with Gasteiger partial charge in [0.15, 0.2) is 0 Å². The third kappa shape index (κ3) is 4.00. The van der Waals surface area contributed by atoms with Crippen LogP contribution in [0.15, 0.2) is 30.3 Å². The van der Waals surface area contributed by atoms with E-state index in [0.717, 1.165) is 45.3 Å². The molecule has 1 aromatic carbocycles. The number of hydrogen-bond donors (Lipinski definition) is 1. The van der Waals surface area contributed by atoms with Crippen molar-refractivity contribution in [3.63, 3.8) is 0 Å². The summed E-state index contributed by atoms with van der Waals surface area (Å²) < 4.78 is 5.38. The van der Waals surface area contributed by atoms with Gasteiger partial charge in [-0.1, -0.05) is 18.2 Å². The van der Waals surface area contributed by atoms with Crippen LogP contribution in [0.1, 0.15) is 13.3 Å². The van der Waals surface area contributed by atoms with E-state index in [9.17, 15) is 0 Å². The molecule has 1 unspecified atom stereocenters. The quantitative estimate of drug-likeness (QED) is 0.748. The Morgan fingerprint density at radius 1 is 1.33 bits per heavy atom. The number of benzene rings is 1. The molecule has 0 aliphatic carbocycles. The van der Waals surface area contributed by atoms with E-state index in [1.165, 1.54) is 12.1 Å². The zero-order chi connectivity index (χ0) is 12.6. The molecule has 0 spiro atoms. The van der Waals surface area contributed by atoms with Crippen molar-refractivity contribution >= 4 is 5.69 Å². The third-order valence-corrected chi connectivity index (χ3v) is 3.52. The molecular weight excluding hydrogens is 224 g/mol. The molecule has 1 atom stereocenters. The van der Waals surface area contributed by atoms with Crippen molar-refractivity contribution in [2.75, 3.05) is 44.3 Å². The first-order valence-electron chi connectivity index (χ1n) is 6.98. The van der Waals surface area contributed by atoms with Crippen LogP contribution in [0.2, 0.25) is 0 Å². The first-order chi connectivity index (χ1) is 8.90. The molecule has 0 aromatic heterocycles. The lowest BCUT2D eigenvalue weighted by Crippen LogP contribution is -2.34. The van der Waals surface area contributed by atoms with Gasteiger partial charge >= 0.3 is 0 Å². The highest BCUT2D eigenvalue weighted by molar-refractivity contribution is 5.45. The van der Waals surface area contributed by atoms with E-state index in [1.807, 2.05) is 0 Å². The van der Waals surface area contributed by atoms with Gasteiger partial charge in [0.25, 0.3) is 0 Å². The van der Waals surface area contributed by atoms with E-state index < -0.39 is 0 Å². The molecule has 1 fully saturated rings. The highest BCUT2D eigenvalue weighted by atomic mass is 16.5. The monoisotopic (exact) mass is 248 g/mol. The van der Waals surface area contributed by atoms with Crippen molar-refractivity contribution < 1.29 is 4.74 Å². The predicted octanol–water partition coefficient (Wildman–Crippen LogP) is 2.14. The second kappa shape index (κ2) is 7.39. The Labute approximate surface area is 110 Å². The topological polar surface area (TPSA) is 24.5 Å². The minimum absolute atomic E-state index is 0.719. The first-order valence-corrected chi connectivity index (χ1v) is 6.98.